The fraction of sp³-hybridized carbons (Fsp3) is 0.684. The van der Waals surface area contributed by atoms with Crippen LogP contribution in [0.25, 0.3) is 0 Å². The zero-order chi connectivity index (χ0) is 17.4. The SMILES string of the molecule is CC(C)CNCC(CCOCc1ccccc1)C1CCS(=O)(=O)C1. The molecule has 1 heterocycles. The van der Waals surface area contributed by atoms with Crippen molar-refractivity contribution in [2.75, 3.05) is 31.2 Å². The average molecular weight is 354 g/mol. The lowest BCUT2D eigenvalue weighted by atomic mass is 9.89. The predicted molar refractivity (Wildman–Crippen MR) is 98.7 cm³/mol. The second-order valence-electron chi connectivity index (χ2n) is 7.30. The van der Waals surface area contributed by atoms with E-state index in [1.165, 1.54) is 5.56 Å². The van der Waals surface area contributed by atoms with Gasteiger partial charge in [-0.3, -0.25) is 0 Å². The van der Waals surface area contributed by atoms with Gasteiger partial charge in [0.2, 0.25) is 0 Å². The molecule has 1 aliphatic heterocycles. The van der Waals surface area contributed by atoms with E-state index in [-0.39, 0.29) is 5.92 Å². The minimum absolute atomic E-state index is 0.273. The third-order valence-corrected chi connectivity index (χ3v) is 6.43. The van der Waals surface area contributed by atoms with Crippen molar-refractivity contribution in [1.29, 1.82) is 0 Å². The average Bonchev–Trinajstić information content (AvgIpc) is 2.90. The second-order valence-corrected chi connectivity index (χ2v) is 9.53. The molecule has 1 fully saturated rings. The van der Waals surface area contributed by atoms with Crippen LogP contribution in [0.2, 0.25) is 0 Å². The van der Waals surface area contributed by atoms with Crippen LogP contribution < -0.4 is 5.32 Å². The van der Waals surface area contributed by atoms with Crippen molar-refractivity contribution < 1.29 is 13.2 Å². The van der Waals surface area contributed by atoms with Gasteiger partial charge < -0.3 is 10.1 Å². The van der Waals surface area contributed by atoms with E-state index in [0.29, 0.717) is 36.6 Å². The summed E-state index contributed by atoms with van der Waals surface area (Å²) in [5.41, 5.74) is 1.18. The van der Waals surface area contributed by atoms with Crippen LogP contribution in [0.1, 0.15) is 32.3 Å². The largest absolute Gasteiger partial charge is 0.377 e. The molecule has 0 saturated carbocycles. The molecule has 2 unspecified atom stereocenters. The van der Waals surface area contributed by atoms with Crippen molar-refractivity contribution in [3.8, 4) is 0 Å². The molecule has 0 amide bonds. The number of sulfone groups is 1. The molecule has 2 rings (SSSR count). The Hall–Kier alpha value is -0.910. The lowest BCUT2D eigenvalue weighted by molar-refractivity contribution is 0.0994. The highest BCUT2D eigenvalue weighted by molar-refractivity contribution is 7.91. The van der Waals surface area contributed by atoms with Crippen molar-refractivity contribution >= 4 is 9.84 Å². The Morgan fingerprint density at radius 1 is 1.21 bits per heavy atom. The molecule has 1 aromatic carbocycles. The Balaban J connectivity index is 1.79. The molecule has 1 aliphatic rings. The van der Waals surface area contributed by atoms with Gasteiger partial charge in [-0.1, -0.05) is 44.2 Å². The molecule has 136 valence electrons. The molecular weight excluding hydrogens is 322 g/mol. The summed E-state index contributed by atoms with van der Waals surface area (Å²) in [6.45, 7) is 7.53. The van der Waals surface area contributed by atoms with E-state index in [0.717, 1.165) is 25.9 Å². The van der Waals surface area contributed by atoms with Crippen LogP contribution in [-0.4, -0.2) is 39.6 Å². The standard InChI is InChI=1S/C19H31NO3S/c1-16(2)12-20-13-18(19-9-11-24(21,22)15-19)8-10-23-14-17-6-4-3-5-7-17/h3-7,16,18-20H,8-15H2,1-2H3. The summed E-state index contributed by atoms with van der Waals surface area (Å²) in [5.74, 6) is 1.95. The predicted octanol–water partition coefficient (Wildman–Crippen LogP) is 2.89. The second kappa shape index (κ2) is 9.54. The molecular formula is C19H31NO3S. The van der Waals surface area contributed by atoms with Crippen molar-refractivity contribution in [1.82, 2.24) is 5.32 Å². The molecule has 1 N–H and O–H groups in total. The molecule has 0 bridgehead atoms. The van der Waals surface area contributed by atoms with E-state index in [4.69, 9.17) is 4.74 Å². The highest BCUT2D eigenvalue weighted by Gasteiger charge is 2.33. The van der Waals surface area contributed by atoms with Gasteiger partial charge in [-0.15, -0.1) is 0 Å². The van der Waals surface area contributed by atoms with Gasteiger partial charge >= 0.3 is 0 Å². The molecule has 0 radical (unpaired) electrons. The molecule has 5 heteroatoms. The van der Waals surface area contributed by atoms with E-state index >= 15 is 0 Å². The van der Waals surface area contributed by atoms with Gasteiger partial charge in [-0.2, -0.15) is 0 Å². The first kappa shape index (κ1) is 19.4. The highest BCUT2D eigenvalue weighted by atomic mass is 32.2. The van der Waals surface area contributed by atoms with Gasteiger partial charge in [0.25, 0.3) is 0 Å². The van der Waals surface area contributed by atoms with Crippen LogP contribution in [0.5, 0.6) is 0 Å². The Morgan fingerprint density at radius 3 is 2.58 bits per heavy atom. The maximum atomic E-state index is 11.8. The summed E-state index contributed by atoms with van der Waals surface area (Å²) < 4.78 is 29.4. The molecule has 4 nitrogen and oxygen atoms in total. The first-order valence-electron chi connectivity index (χ1n) is 8.99. The summed E-state index contributed by atoms with van der Waals surface area (Å²) in [6, 6.07) is 10.2. The third kappa shape index (κ3) is 6.91. The van der Waals surface area contributed by atoms with Crippen molar-refractivity contribution in [2.45, 2.75) is 33.3 Å². The van der Waals surface area contributed by atoms with Gasteiger partial charge in [0.1, 0.15) is 0 Å². The minimum atomic E-state index is -2.82. The molecule has 0 aliphatic carbocycles. The summed E-state index contributed by atoms with van der Waals surface area (Å²) in [7, 11) is -2.82. The quantitative estimate of drug-likeness (QED) is 0.657. The smallest absolute Gasteiger partial charge is 0.150 e. The van der Waals surface area contributed by atoms with Crippen molar-refractivity contribution in [3.05, 3.63) is 35.9 Å². The zero-order valence-electron chi connectivity index (χ0n) is 14.9. The first-order valence-corrected chi connectivity index (χ1v) is 10.8. The summed E-state index contributed by atoms with van der Waals surface area (Å²) in [6.07, 6.45) is 1.72. The number of nitrogens with one attached hydrogen (secondary N) is 1. The van der Waals surface area contributed by atoms with Crippen molar-refractivity contribution in [3.63, 3.8) is 0 Å². The van der Waals surface area contributed by atoms with E-state index < -0.39 is 9.84 Å². The van der Waals surface area contributed by atoms with Gasteiger partial charge in [-0.05, 0) is 49.2 Å². The highest BCUT2D eigenvalue weighted by Crippen LogP contribution is 2.28. The zero-order valence-corrected chi connectivity index (χ0v) is 15.7. The maximum absolute atomic E-state index is 11.8. The van der Waals surface area contributed by atoms with E-state index in [1.807, 2.05) is 18.2 Å². The maximum Gasteiger partial charge on any atom is 0.150 e. The van der Waals surface area contributed by atoms with E-state index in [2.05, 4.69) is 31.3 Å². The summed E-state index contributed by atoms with van der Waals surface area (Å²) >= 11 is 0. The van der Waals surface area contributed by atoms with Crippen LogP contribution in [0.4, 0.5) is 0 Å². The third-order valence-electron chi connectivity index (χ3n) is 4.64. The molecule has 1 aromatic rings. The Kier molecular flexibility index (Phi) is 7.72. The van der Waals surface area contributed by atoms with Crippen LogP contribution in [0, 0.1) is 17.8 Å². The minimum Gasteiger partial charge on any atom is -0.377 e. The molecule has 1 saturated heterocycles. The fourth-order valence-corrected chi connectivity index (χ4v) is 5.18. The molecule has 0 aromatic heterocycles. The lowest BCUT2D eigenvalue weighted by Crippen LogP contribution is -2.32. The topological polar surface area (TPSA) is 55.4 Å². The monoisotopic (exact) mass is 353 g/mol. The molecule has 2 atom stereocenters. The lowest BCUT2D eigenvalue weighted by Gasteiger charge is -2.23. The van der Waals surface area contributed by atoms with E-state index in [1.54, 1.807) is 0 Å². The number of hydrogen-bond donors (Lipinski definition) is 1. The van der Waals surface area contributed by atoms with Crippen molar-refractivity contribution in [2.24, 2.45) is 17.8 Å². The molecule has 0 spiro atoms. The van der Waals surface area contributed by atoms with Crippen LogP contribution >= 0.6 is 0 Å². The van der Waals surface area contributed by atoms with E-state index in [9.17, 15) is 8.42 Å². The van der Waals surface area contributed by atoms with Crippen LogP contribution in [0.3, 0.4) is 0 Å². The molecule has 24 heavy (non-hydrogen) atoms. The Labute approximate surface area is 146 Å². The van der Waals surface area contributed by atoms with Gasteiger partial charge in [0, 0.05) is 6.61 Å². The van der Waals surface area contributed by atoms with Gasteiger partial charge in [0.05, 0.1) is 18.1 Å². The number of ether oxygens (including phenoxy) is 1. The first-order chi connectivity index (χ1) is 11.5. The number of rotatable bonds is 10. The summed E-state index contributed by atoms with van der Waals surface area (Å²) in [5, 5.41) is 3.50. The number of hydrogen-bond acceptors (Lipinski definition) is 4. The normalized spacial score (nSPS) is 21.2. The van der Waals surface area contributed by atoms with Gasteiger partial charge in [0.15, 0.2) is 9.84 Å². The Morgan fingerprint density at radius 2 is 1.96 bits per heavy atom. The number of benzene rings is 1. The van der Waals surface area contributed by atoms with Gasteiger partial charge in [-0.25, -0.2) is 8.42 Å². The van der Waals surface area contributed by atoms with Crippen LogP contribution in [-0.2, 0) is 21.2 Å². The summed E-state index contributed by atoms with van der Waals surface area (Å²) in [4.78, 5) is 0. The Bertz CT molecular complexity index is 572. The fourth-order valence-electron chi connectivity index (χ4n) is 3.26. The van der Waals surface area contributed by atoms with Crippen LogP contribution in [0.15, 0.2) is 30.3 Å².